The standard InChI is InChI=1S/C30H52O5/c1-24(2)19-9-13-28(7)23(26(19,5)12-10-21(24)32)18(31)17-20-27(28,6)15-16-30(20,34)29(8)14-11-22(35-29)25(3,4)33/h18-23,31-34H,9-17H2,1-8H3/t18?,19?,20?,21-,22+,23?,26+,27-,28-,29?,30-/m1/s1. The van der Waals surface area contributed by atoms with E-state index < -0.39 is 22.9 Å². The molecule has 4 aliphatic carbocycles. The summed E-state index contributed by atoms with van der Waals surface area (Å²) in [5.74, 6) is 0.500. The van der Waals surface area contributed by atoms with Crippen molar-refractivity contribution in [1.82, 2.24) is 0 Å². The second-order valence-electron chi connectivity index (χ2n) is 15.6. The first-order chi connectivity index (χ1) is 15.9. The molecule has 0 radical (unpaired) electrons. The molecule has 0 aromatic carbocycles. The fraction of sp³-hybridized carbons (Fsp3) is 1.00. The molecule has 11 atom stereocenters. The SMILES string of the molecule is CC(C)(O)[C@@H]1CCC(C)([C@@]2(O)CC[C@]3(C)C2CC(O)C2[C@@]4(C)CC[C@@H](O)C(C)(C)C4CC[C@]23C)O1. The zero-order chi connectivity index (χ0) is 26.0. The predicted molar refractivity (Wildman–Crippen MR) is 137 cm³/mol. The van der Waals surface area contributed by atoms with E-state index in [1.807, 2.05) is 0 Å². The topological polar surface area (TPSA) is 90.2 Å². The lowest BCUT2D eigenvalue weighted by atomic mass is 9.34. The predicted octanol–water partition coefficient (Wildman–Crippen LogP) is 4.83. The lowest BCUT2D eigenvalue weighted by Crippen LogP contribution is -2.69. The molecule has 0 amide bonds. The monoisotopic (exact) mass is 492 g/mol. The molecule has 5 aliphatic rings. The van der Waals surface area contributed by atoms with E-state index in [-0.39, 0.29) is 45.7 Å². The number of hydrogen-bond donors (Lipinski definition) is 4. The number of rotatable bonds is 2. The van der Waals surface area contributed by atoms with Gasteiger partial charge in [-0.05, 0) is 118 Å². The number of ether oxygens (including phenoxy) is 1. The molecule has 1 aliphatic heterocycles. The van der Waals surface area contributed by atoms with Crippen LogP contribution < -0.4 is 0 Å². The Morgan fingerprint density at radius 3 is 2.03 bits per heavy atom. The van der Waals surface area contributed by atoms with Gasteiger partial charge in [0.1, 0.15) is 0 Å². The molecule has 0 spiro atoms. The summed E-state index contributed by atoms with van der Waals surface area (Å²) < 4.78 is 6.53. The lowest BCUT2D eigenvalue weighted by Gasteiger charge is -2.71. The van der Waals surface area contributed by atoms with Gasteiger partial charge >= 0.3 is 0 Å². The fourth-order valence-corrected chi connectivity index (χ4v) is 11.1. The molecule has 0 aromatic heterocycles. The normalized spacial score (nSPS) is 57.9. The van der Waals surface area contributed by atoms with Crippen molar-refractivity contribution in [3.63, 3.8) is 0 Å². The van der Waals surface area contributed by atoms with Crippen LogP contribution in [0.4, 0.5) is 0 Å². The Morgan fingerprint density at radius 2 is 1.43 bits per heavy atom. The zero-order valence-corrected chi connectivity index (χ0v) is 23.5. The summed E-state index contributed by atoms with van der Waals surface area (Å²) in [5.41, 5.74) is -3.04. The third kappa shape index (κ3) is 3.17. The van der Waals surface area contributed by atoms with Gasteiger partial charge in [0.15, 0.2) is 0 Å². The fourth-order valence-electron chi connectivity index (χ4n) is 11.1. The van der Waals surface area contributed by atoms with Gasteiger partial charge in [0.2, 0.25) is 0 Å². The zero-order valence-electron chi connectivity index (χ0n) is 23.5. The Labute approximate surface area is 213 Å². The number of fused-ring (bicyclic) bond motifs is 5. The summed E-state index contributed by atoms with van der Waals surface area (Å²) in [5, 5.41) is 46.0. The summed E-state index contributed by atoms with van der Waals surface area (Å²) in [7, 11) is 0. The molecule has 5 rings (SSSR count). The first-order valence-corrected chi connectivity index (χ1v) is 14.4. The number of hydrogen-bond acceptors (Lipinski definition) is 5. The Hall–Kier alpha value is -0.200. The molecular formula is C30H52O5. The number of aliphatic hydroxyl groups excluding tert-OH is 2. The third-order valence-corrected chi connectivity index (χ3v) is 13.4. The van der Waals surface area contributed by atoms with Gasteiger partial charge in [-0.3, -0.25) is 0 Å². The van der Waals surface area contributed by atoms with E-state index in [9.17, 15) is 20.4 Å². The second-order valence-corrected chi connectivity index (χ2v) is 15.6. The summed E-state index contributed by atoms with van der Waals surface area (Å²) in [4.78, 5) is 0. The van der Waals surface area contributed by atoms with E-state index >= 15 is 0 Å². The van der Waals surface area contributed by atoms with Crippen LogP contribution in [0.5, 0.6) is 0 Å². The van der Waals surface area contributed by atoms with E-state index in [1.165, 1.54) is 0 Å². The molecular weight excluding hydrogens is 440 g/mol. The second kappa shape index (κ2) is 7.46. The summed E-state index contributed by atoms with van der Waals surface area (Å²) in [6, 6.07) is 0. The Kier molecular flexibility index (Phi) is 5.63. The highest BCUT2D eigenvalue weighted by Gasteiger charge is 2.75. The maximum absolute atomic E-state index is 12.5. The molecule has 4 N–H and O–H groups in total. The minimum absolute atomic E-state index is 0.0242. The van der Waals surface area contributed by atoms with Crippen molar-refractivity contribution in [2.45, 2.75) is 148 Å². The van der Waals surface area contributed by atoms with Gasteiger partial charge in [0.05, 0.1) is 35.1 Å². The highest BCUT2D eigenvalue weighted by atomic mass is 16.5. The van der Waals surface area contributed by atoms with Crippen LogP contribution in [-0.2, 0) is 4.74 Å². The molecule has 202 valence electrons. The first-order valence-electron chi connectivity index (χ1n) is 14.4. The summed E-state index contributed by atoms with van der Waals surface area (Å²) in [6.07, 6.45) is 6.49. The molecule has 5 unspecified atom stereocenters. The minimum atomic E-state index is -1.02. The molecule has 1 saturated heterocycles. The molecule has 0 bridgehead atoms. The summed E-state index contributed by atoms with van der Waals surface area (Å²) in [6.45, 7) is 17.3. The molecule has 5 fully saturated rings. The molecule has 35 heavy (non-hydrogen) atoms. The van der Waals surface area contributed by atoms with Gasteiger partial charge in [0.25, 0.3) is 0 Å². The van der Waals surface area contributed by atoms with E-state index in [1.54, 1.807) is 13.8 Å². The van der Waals surface area contributed by atoms with Crippen LogP contribution in [0.3, 0.4) is 0 Å². The molecule has 1 heterocycles. The van der Waals surface area contributed by atoms with E-state index in [4.69, 9.17) is 4.74 Å². The summed E-state index contributed by atoms with van der Waals surface area (Å²) >= 11 is 0. The maximum Gasteiger partial charge on any atom is 0.0968 e. The van der Waals surface area contributed by atoms with Gasteiger partial charge in [-0.2, -0.15) is 0 Å². The highest BCUT2D eigenvalue weighted by Crippen LogP contribution is 2.76. The lowest BCUT2D eigenvalue weighted by molar-refractivity contribution is -0.277. The van der Waals surface area contributed by atoms with Crippen molar-refractivity contribution in [3.8, 4) is 0 Å². The maximum atomic E-state index is 12.5. The van der Waals surface area contributed by atoms with Gasteiger partial charge < -0.3 is 25.2 Å². The Bertz CT molecular complexity index is 865. The van der Waals surface area contributed by atoms with E-state index in [0.29, 0.717) is 18.8 Å². The largest absolute Gasteiger partial charge is 0.393 e. The average Bonchev–Trinajstić information content (AvgIpc) is 3.27. The van der Waals surface area contributed by atoms with Gasteiger partial charge in [-0.1, -0.05) is 34.6 Å². The van der Waals surface area contributed by atoms with Gasteiger partial charge in [-0.25, -0.2) is 0 Å². The van der Waals surface area contributed by atoms with Crippen LogP contribution >= 0.6 is 0 Å². The van der Waals surface area contributed by atoms with Crippen molar-refractivity contribution < 1.29 is 25.2 Å². The van der Waals surface area contributed by atoms with Gasteiger partial charge in [0, 0.05) is 0 Å². The van der Waals surface area contributed by atoms with Crippen LogP contribution in [-0.4, -0.2) is 55.5 Å². The molecule has 5 heteroatoms. The van der Waals surface area contributed by atoms with E-state index in [0.717, 1.165) is 44.9 Å². The van der Waals surface area contributed by atoms with Crippen molar-refractivity contribution >= 4 is 0 Å². The number of aliphatic hydroxyl groups is 4. The molecule has 5 nitrogen and oxygen atoms in total. The molecule has 0 aromatic rings. The van der Waals surface area contributed by atoms with Crippen molar-refractivity contribution in [2.24, 2.45) is 39.4 Å². The van der Waals surface area contributed by atoms with Crippen LogP contribution in [0.25, 0.3) is 0 Å². The van der Waals surface area contributed by atoms with Crippen LogP contribution in [0.1, 0.15) is 113 Å². The third-order valence-electron chi connectivity index (χ3n) is 13.4. The first kappa shape index (κ1) is 26.4. The van der Waals surface area contributed by atoms with Crippen molar-refractivity contribution in [3.05, 3.63) is 0 Å². The molecule has 4 saturated carbocycles. The van der Waals surface area contributed by atoms with Gasteiger partial charge in [-0.15, -0.1) is 0 Å². The van der Waals surface area contributed by atoms with Crippen LogP contribution in [0.15, 0.2) is 0 Å². The Morgan fingerprint density at radius 1 is 0.771 bits per heavy atom. The van der Waals surface area contributed by atoms with Crippen molar-refractivity contribution in [1.29, 1.82) is 0 Å². The van der Waals surface area contributed by atoms with Crippen LogP contribution in [0.2, 0.25) is 0 Å². The smallest absolute Gasteiger partial charge is 0.0968 e. The highest BCUT2D eigenvalue weighted by molar-refractivity contribution is 5.24. The van der Waals surface area contributed by atoms with Crippen LogP contribution in [0, 0.1) is 39.4 Å². The van der Waals surface area contributed by atoms with Crippen molar-refractivity contribution in [2.75, 3.05) is 0 Å². The van der Waals surface area contributed by atoms with E-state index in [2.05, 4.69) is 41.5 Å². The Balaban J connectivity index is 1.52. The minimum Gasteiger partial charge on any atom is -0.393 e. The quantitative estimate of drug-likeness (QED) is 0.443. The average molecular weight is 493 g/mol.